The highest BCUT2D eigenvalue weighted by Gasteiger charge is 2.16. The van der Waals surface area contributed by atoms with E-state index in [1.165, 1.54) is 0 Å². The minimum absolute atomic E-state index is 0.152. The highest BCUT2D eigenvalue weighted by atomic mass is 32.2. The van der Waals surface area contributed by atoms with Crippen molar-refractivity contribution < 1.29 is 8.42 Å². The van der Waals surface area contributed by atoms with Gasteiger partial charge in [-0.2, -0.15) is 0 Å². The van der Waals surface area contributed by atoms with Crippen LogP contribution in [0, 0.1) is 0 Å². The second kappa shape index (κ2) is 6.37. The molecule has 0 fully saturated rings. The number of imidazole rings is 1. The second-order valence-electron chi connectivity index (χ2n) is 6.12. The van der Waals surface area contributed by atoms with Gasteiger partial charge in [0, 0.05) is 7.05 Å². The second-order valence-corrected chi connectivity index (χ2v) is 7.89. The van der Waals surface area contributed by atoms with Crippen LogP contribution in [-0.2, 0) is 23.6 Å². The smallest absolute Gasteiger partial charge is 0.240 e. The van der Waals surface area contributed by atoms with Crippen LogP contribution in [0.15, 0.2) is 53.4 Å². The molecule has 0 amide bonds. The van der Waals surface area contributed by atoms with Gasteiger partial charge >= 0.3 is 0 Å². The summed E-state index contributed by atoms with van der Waals surface area (Å²) in [6.07, 6.45) is 0. The van der Waals surface area contributed by atoms with E-state index in [0.29, 0.717) is 11.7 Å². The molecule has 0 aliphatic heterocycles. The standard InChI is InChI=1S/C18H21N3O2S/c1-13(2)14-8-10-15(11-9-14)24(22,23)19-12-18-20-16-6-4-5-7-17(16)21(18)3/h4-11,13,19H,12H2,1-3H3. The van der Waals surface area contributed by atoms with E-state index in [-0.39, 0.29) is 11.4 Å². The molecule has 3 rings (SSSR count). The monoisotopic (exact) mass is 343 g/mol. The Bertz CT molecular complexity index is 958. The Labute approximate surface area is 142 Å². The molecule has 0 aliphatic carbocycles. The first kappa shape index (κ1) is 16.7. The topological polar surface area (TPSA) is 64.0 Å². The Morgan fingerprint density at radius 2 is 1.75 bits per heavy atom. The number of aromatic nitrogens is 2. The number of aryl methyl sites for hydroxylation is 1. The van der Waals surface area contributed by atoms with Crippen molar-refractivity contribution in [2.45, 2.75) is 31.2 Å². The van der Waals surface area contributed by atoms with Crippen molar-refractivity contribution in [1.29, 1.82) is 0 Å². The van der Waals surface area contributed by atoms with E-state index in [1.807, 2.05) is 48.0 Å². The zero-order chi connectivity index (χ0) is 17.3. The molecule has 0 saturated carbocycles. The van der Waals surface area contributed by atoms with E-state index < -0.39 is 10.0 Å². The molecule has 1 N–H and O–H groups in total. The van der Waals surface area contributed by atoms with Gasteiger partial charge in [0.1, 0.15) is 5.82 Å². The van der Waals surface area contributed by atoms with E-state index in [2.05, 4.69) is 23.6 Å². The predicted molar refractivity (Wildman–Crippen MR) is 95.3 cm³/mol. The molecular formula is C18H21N3O2S. The van der Waals surface area contributed by atoms with Crippen molar-refractivity contribution in [3.05, 3.63) is 59.9 Å². The SMILES string of the molecule is CC(C)c1ccc(S(=O)(=O)NCc2nc3ccccc3n2C)cc1. The predicted octanol–water partition coefficient (Wildman–Crippen LogP) is 3.18. The largest absolute Gasteiger partial charge is 0.330 e. The van der Waals surface area contributed by atoms with Crippen molar-refractivity contribution in [3.63, 3.8) is 0 Å². The molecule has 6 heteroatoms. The van der Waals surface area contributed by atoms with E-state index in [4.69, 9.17) is 0 Å². The first-order valence-electron chi connectivity index (χ1n) is 7.88. The maximum atomic E-state index is 12.5. The molecule has 0 atom stereocenters. The number of benzene rings is 2. The summed E-state index contributed by atoms with van der Waals surface area (Å²) in [6.45, 7) is 4.31. The molecule has 126 valence electrons. The summed E-state index contributed by atoms with van der Waals surface area (Å²) in [5.74, 6) is 1.05. The number of fused-ring (bicyclic) bond motifs is 1. The normalized spacial score (nSPS) is 12.2. The Morgan fingerprint density at radius 1 is 1.08 bits per heavy atom. The van der Waals surface area contributed by atoms with Gasteiger partial charge in [0.2, 0.25) is 10.0 Å². The molecule has 2 aromatic carbocycles. The summed E-state index contributed by atoms with van der Waals surface area (Å²) in [5, 5.41) is 0. The van der Waals surface area contributed by atoms with E-state index >= 15 is 0 Å². The van der Waals surface area contributed by atoms with Crippen LogP contribution in [-0.4, -0.2) is 18.0 Å². The molecule has 5 nitrogen and oxygen atoms in total. The van der Waals surface area contributed by atoms with Crippen molar-refractivity contribution in [2.24, 2.45) is 7.05 Å². The molecule has 0 radical (unpaired) electrons. The molecule has 1 heterocycles. The van der Waals surface area contributed by atoms with Crippen LogP contribution in [0.1, 0.15) is 31.2 Å². The number of hydrogen-bond acceptors (Lipinski definition) is 3. The van der Waals surface area contributed by atoms with Gasteiger partial charge in [-0.15, -0.1) is 0 Å². The Balaban J connectivity index is 1.80. The summed E-state index contributed by atoms with van der Waals surface area (Å²) in [5.41, 5.74) is 2.95. The van der Waals surface area contributed by atoms with E-state index in [1.54, 1.807) is 12.1 Å². The van der Waals surface area contributed by atoms with Gasteiger partial charge in [-0.3, -0.25) is 0 Å². The summed E-state index contributed by atoms with van der Waals surface area (Å²) < 4.78 is 29.5. The average molecular weight is 343 g/mol. The summed E-state index contributed by atoms with van der Waals surface area (Å²) in [7, 11) is -1.67. The number of nitrogens with one attached hydrogen (secondary N) is 1. The Hall–Kier alpha value is -2.18. The molecule has 0 bridgehead atoms. The number of hydrogen-bond donors (Lipinski definition) is 1. The third-order valence-corrected chi connectivity index (χ3v) is 5.57. The van der Waals surface area contributed by atoms with Crippen molar-refractivity contribution >= 4 is 21.1 Å². The van der Waals surface area contributed by atoms with Crippen LogP contribution in [0.25, 0.3) is 11.0 Å². The van der Waals surface area contributed by atoms with Crippen LogP contribution in [0.2, 0.25) is 0 Å². The summed E-state index contributed by atoms with van der Waals surface area (Å²) in [4.78, 5) is 4.75. The van der Waals surface area contributed by atoms with Crippen LogP contribution in [0.4, 0.5) is 0 Å². The molecule has 0 saturated heterocycles. The van der Waals surface area contributed by atoms with Gasteiger partial charge < -0.3 is 4.57 Å². The molecule has 24 heavy (non-hydrogen) atoms. The third-order valence-electron chi connectivity index (χ3n) is 4.16. The fourth-order valence-electron chi connectivity index (χ4n) is 2.63. The third kappa shape index (κ3) is 3.20. The zero-order valence-electron chi connectivity index (χ0n) is 14.0. The summed E-state index contributed by atoms with van der Waals surface area (Å²) in [6, 6.07) is 14.7. The van der Waals surface area contributed by atoms with Crippen molar-refractivity contribution in [3.8, 4) is 0 Å². The van der Waals surface area contributed by atoms with Crippen LogP contribution in [0.3, 0.4) is 0 Å². The van der Waals surface area contributed by atoms with E-state index in [9.17, 15) is 8.42 Å². The van der Waals surface area contributed by atoms with Crippen LogP contribution < -0.4 is 4.72 Å². The Kier molecular flexibility index (Phi) is 4.43. The lowest BCUT2D eigenvalue weighted by atomic mass is 10.0. The fraction of sp³-hybridized carbons (Fsp3) is 0.278. The van der Waals surface area contributed by atoms with E-state index in [0.717, 1.165) is 16.6 Å². The Morgan fingerprint density at radius 3 is 2.38 bits per heavy atom. The minimum atomic E-state index is -3.56. The highest BCUT2D eigenvalue weighted by Crippen LogP contribution is 2.18. The maximum Gasteiger partial charge on any atom is 0.240 e. The molecule has 0 unspecified atom stereocenters. The van der Waals surface area contributed by atoms with Gasteiger partial charge in [0.25, 0.3) is 0 Å². The highest BCUT2D eigenvalue weighted by molar-refractivity contribution is 7.89. The fourth-order valence-corrected chi connectivity index (χ4v) is 3.61. The molecule has 0 spiro atoms. The first-order chi connectivity index (χ1) is 11.4. The van der Waals surface area contributed by atoms with Gasteiger partial charge in [-0.1, -0.05) is 38.1 Å². The molecule has 1 aromatic heterocycles. The number of sulfonamides is 1. The van der Waals surface area contributed by atoms with Gasteiger partial charge in [-0.25, -0.2) is 18.1 Å². The van der Waals surface area contributed by atoms with Gasteiger partial charge in [0.15, 0.2) is 0 Å². The first-order valence-corrected chi connectivity index (χ1v) is 9.37. The quantitative estimate of drug-likeness (QED) is 0.774. The zero-order valence-corrected chi connectivity index (χ0v) is 14.8. The number of rotatable bonds is 5. The molecule has 0 aliphatic rings. The number of para-hydroxylation sites is 2. The lowest BCUT2D eigenvalue weighted by Crippen LogP contribution is -2.24. The van der Waals surface area contributed by atoms with Gasteiger partial charge in [-0.05, 0) is 35.7 Å². The van der Waals surface area contributed by atoms with Gasteiger partial charge in [0.05, 0.1) is 22.5 Å². The lowest BCUT2D eigenvalue weighted by Gasteiger charge is -2.09. The minimum Gasteiger partial charge on any atom is -0.330 e. The van der Waals surface area contributed by atoms with Crippen molar-refractivity contribution in [2.75, 3.05) is 0 Å². The van der Waals surface area contributed by atoms with Crippen molar-refractivity contribution in [1.82, 2.24) is 14.3 Å². The maximum absolute atomic E-state index is 12.5. The molecular weight excluding hydrogens is 322 g/mol. The average Bonchev–Trinajstić information content (AvgIpc) is 2.90. The lowest BCUT2D eigenvalue weighted by molar-refractivity contribution is 0.578. The molecule has 3 aromatic rings. The summed E-state index contributed by atoms with van der Waals surface area (Å²) >= 11 is 0. The van der Waals surface area contributed by atoms with Crippen LogP contribution in [0.5, 0.6) is 0 Å². The number of nitrogens with zero attached hydrogens (tertiary/aromatic N) is 2. The van der Waals surface area contributed by atoms with Crippen LogP contribution >= 0.6 is 0 Å².